The predicted molar refractivity (Wildman–Crippen MR) is 98.8 cm³/mol. The fourth-order valence-corrected chi connectivity index (χ4v) is 2.41. The summed E-state index contributed by atoms with van der Waals surface area (Å²) < 4.78 is 5.29. The summed E-state index contributed by atoms with van der Waals surface area (Å²) in [5.41, 5.74) is 2.15. The van der Waals surface area contributed by atoms with E-state index in [1.165, 1.54) is 14.0 Å². The Balaban J connectivity index is 2.15. The Labute approximate surface area is 147 Å². The molecule has 2 aromatic carbocycles. The van der Waals surface area contributed by atoms with Crippen LogP contribution < -0.4 is 15.4 Å². The zero-order chi connectivity index (χ0) is 18.2. The van der Waals surface area contributed by atoms with Gasteiger partial charge in [0.05, 0.1) is 12.8 Å². The van der Waals surface area contributed by atoms with Crippen LogP contribution in [0, 0.1) is 0 Å². The number of anilines is 2. The molecule has 0 radical (unpaired) electrons. The number of urea groups is 1. The third-order valence-electron chi connectivity index (χ3n) is 3.65. The van der Waals surface area contributed by atoms with Crippen LogP contribution in [0.3, 0.4) is 0 Å². The molecule has 25 heavy (non-hydrogen) atoms. The average Bonchev–Trinajstić information content (AvgIpc) is 2.60. The molecule has 0 bridgehead atoms. The van der Waals surface area contributed by atoms with Crippen molar-refractivity contribution in [1.29, 1.82) is 0 Å². The minimum absolute atomic E-state index is 0.179. The second kappa shape index (κ2) is 8.73. The lowest BCUT2D eigenvalue weighted by molar-refractivity contribution is -0.114. The summed E-state index contributed by atoms with van der Waals surface area (Å²) in [6.07, 6.45) is 0. The normalized spacial score (nSPS) is 10.0. The van der Waals surface area contributed by atoms with E-state index in [2.05, 4.69) is 10.6 Å². The molecule has 0 saturated carbocycles. The molecule has 2 aromatic rings. The maximum absolute atomic E-state index is 12.6. The molecule has 2 N–H and O–H groups in total. The molecule has 0 aromatic heterocycles. The molecule has 0 aliphatic carbocycles. The summed E-state index contributed by atoms with van der Waals surface area (Å²) in [4.78, 5) is 25.5. The van der Waals surface area contributed by atoms with Crippen molar-refractivity contribution in [3.63, 3.8) is 0 Å². The molecule has 6 heteroatoms. The minimum atomic E-state index is -0.232. The van der Waals surface area contributed by atoms with Crippen LogP contribution >= 0.6 is 0 Å². The predicted octanol–water partition coefficient (Wildman–Crippen LogP) is 3.71. The third-order valence-corrected chi connectivity index (χ3v) is 3.65. The molecule has 0 fully saturated rings. The number of methoxy groups -OCH3 is 1. The highest BCUT2D eigenvalue weighted by atomic mass is 16.5. The average molecular weight is 341 g/mol. The van der Waals surface area contributed by atoms with Gasteiger partial charge in [0.1, 0.15) is 5.75 Å². The fraction of sp³-hybridized carbons (Fsp3) is 0.263. The summed E-state index contributed by atoms with van der Waals surface area (Å²) in [5.74, 6) is 0.347. The van der Waals surface area contributed by atoms with Gasteiger partial charge in [0.15, 0.2) is 0 Å². The van der Waals surface area contributed by atoms with Gasteiger partial charge in [-0.2, -0.15) is 0 Å². The standard InChI is InChI=1S/C19H23N3O3/c1-4-22(13-15-8-6-5-7-9-15)19(24)21-17-12-16(20-14(2)23)10-11-18(17)25-3/h5-12H,4,13H2,1-3H3,(H,20,23)(H,21,24). The molecule has 132 valence electrons. The molecule has 6 nitrogen and oxygen atoms in total. The minimum Gasteiger partial charge on any atom is -0.495 e. The Kier molecular flexibility index (Phi) is 6.39. The molecule has 0 aliphatic rings. The Hall–Kier alpha value is -3.02. The van der Waals surface area contributed by atoms with Gasteiger partial charge in [0, 0.05) is 25.7 Å². The van der Waals surface area contributed by atoms with Gasteiger partial charge in [-0.3, -0.25) is 4.79 Å². The molecule has 3 amide bonds. The topological polar surface area (TPSA) is 70.7 Å². The lowest BCUT2D eigenvalue weighted by atomic mass is 10.2. The monoisotopic (exact) mass is 341 g/mol. The molecule has 2 rings (SSSR count). The van der Waals surface area contributed by atoms with Crippen LogP contribution in [0.2, 0.25) is 0 Å². The Morgan fingerprint density at radius 2 is 1.80 bits per heavy atom. The summed E-state index contributed by atoms with van der Waals surface area (Å²) in [6.45, 7) is 4.43. The first-order chi connectivity index (χ1) is 12.0. The van der Waals surface area contributed by atoms with Crippen LogP contribution in [0.5, 0.6) is 5.75 Å². The maximum Gasteiger partial charge on any atom is 0.322 e. The van der Waals surface area contributed by atoms with Crippen molar-refractivity contribution in [3.8, 4) is 5.75 Å². The van der Waals surface area contributed by atoms with Crippen molar-refractivity contribution in [2.75, 3.05) is 24.3 Å². The molecular weight excluding hydrogens is 318 g/mol. The lowest BCUT2D eigenvalue weighted by Crippen LogP contribution is -2.34. The van der Waals surface area contributed by atoms with Crippen LogP contribution in [0.15, 0.2) is 48.5 Å². The second-order valence-electron chi connectivity index (χ2n) is 5.53. The number of rotatable bonds is 6. The van der Waals surface area contributed by atoms with Crippen molar-refractivity contribution in [3.05, 3.63) is 54.1 Å². The summed E-state index contributed by atoms with van der Waals surface area (Å²) in [5, 5.41) is 5.55. The zero-order valence-electron chi connectivity index (χ0n) is 14.7. The molecule has 0 saturated heterocycles. The second-order valence-corrected chi connectivity index (χ2v) is 5.53. The van der Waals surface area contributed by atoms with Gasteiger partial charge in [-0.05, 0) is 30.7 Å². The maximum atomic E-state index is 12.6. The van der Waals surface area contributed by atoms with Crippen LogP contribution in [-0.2, 0) is 11.3 Å². The smallest absolute Gasteiger partial charge is 0.322 e. The highest BCUT2D eigenvalue weighted by molar-refractivity contribution is 5.94. The van der Waals surface area contributed by atoms with Crippen LogP contribution in [-0.4, -0.2) is 30.5 Å². The first kappa shape index (κ1) is 18.3. The first-order valence-electron chi connectivity index (χ1n) is 8.09. The first-order valence-corrected chi connectivity index (χ1v) is 8.09. The Morgan fingerprint density at radius 1 is 1.08 bits per heavy atom. The lowest BCUT2D eigenvalue weighted by Gasteiger charge is -2.22. The van der Waals surface area contributed by atoms with Gasteiger partial charge in [-0.1, -0.05) is 30.3 Å². The van der Waals surface area contributed by atoms with E-state index in [0.717, 1.165) is 5.56 Å². The number of nitrogens with zero attached hydrogens (tertiary/aromatic N) is 1. The SMILES string of the molecule is CCN(Cc1ccccc1)C(=O)Nc1cc(NC(C)=O)ccc1OC. The van der Waals surface area contributed by atoms with Gasteiger partial charge in [-0.25, -0.2) is 4.79 Å². The van der Waals surface area contributed by atoms with Gasteiger partial charge in [-0.15, -0.1) is 0 Å². The van der Waals surface area contributed by atoms with Gasteiger partial charge in [0.25, 0.3) is 0 Å². The van der Waals surface area contributed by atoms with Gasteiger partial charge in [0.2, 0.25) is 5.91 Å². The van der Waals surface area contributed by atoms with Crippen molar-refractivity contribution in [2.24, 2.45) is 0 Å². The van der Waals surface area contributed by atoms with Crippen molar-refractivity contribution >= 4 is 23.3 Å². The number of hydrogen-bond acceptors (Lipinski definition) is 3. The van der Waals surface area contributed by atoms with Crippen molar-refractivity contribution in [2.45, 2.75) is 20.4 Å². The molecule has 0 aliphatic heterocycles. The van der Waals surface area contributed by atoms with Crippen LogP contribution in [0.25, 0.3) is 0 Å². The van der Waals surface area contributed by atoms with E-state index in [-0.39, 0.29) is 11.9 Å². The highest BCUT2D eigenvalue weighted by Gasteiger charge is 2.15. The van der Waals surface area contributed by atoms with Crippen LogP contribution in [0.1, 0.15) is 19.4 Å². The largest absolute Gasteiger partial charge is 0.495 e. The number of benzene rings is 2. The van der Waals surface area contributed by atoms with E-state index in [1.54, 1.807) is 23.1 Å². The van der Waals surface area contributed by atoms with E-state index in [4.69, 9.17) is 4.74 Å². The molecule has 0 atom stereocenters. The van der Waals surface area contributed by atoms with E-state index >= 15 is 0 Å². The summed E-state index contributed by atoms with van der Waals surface area (Å²) >= 11 is 0. The number of nitrogens with one attached hydrogen (secondary N) is 2. The number of carbonyl (C=O) groups excluding carboxylic acids is 2. The highest BCUT2D eigenvalue weighted by Crippen LogP contribution is 2.28. The van der Waals surface area contributed by atoms with Gasteiger partial charge < -0.3 is 20.3 Å². The molecular formula is C19H23N3O3. The Morgan fingerprint density at radius 3 is 2.40 bits per heavy atom. The van der Waals surface area contributed by atoms with Gasteiger partial charge >= 0.3 is 6.03 Å². The quantitative estimate of drug-likeness (QED) is 0.841. The van der Waals surface area contributed by atoms with E-state index in [0.29, 0.717) is 30.2 Å². The number of carbonyl (C=O) groups is 2. The van der Waals surface area contributed by atoms with E-state index in [1.807, 2.05) is 37.3 Å². The van der Waals surface area contributed by atoms with E-state index < -0.39 is 0 Å². The van der Waals surface area contributed by atoms with Crippen molar-refractivity contribution < 1.29 is 14.3 Å². The zero-order valence-corrected chi connectivity index (χ0v) is 14.7. The molecule has 0 spiro atoms. The number of amides is 3. The fourth-order valence-electron chi connectivity index (χ4n) is 2.41. The van der Waals surface area contributed by atoms with Crippen molar-refractivity contribution in [1.82, 2.24) is 4.90 Å². The molecule has 0 unspecified atom stereocenters. The van der Waals surface area contributed by atoms with E-state index in [9.17, 15) is 9.59 Å². The third kappa shape index (κ3) is 5.24. The Bertz CT molecular complexity index is 732. The number of ether oxygens (including phenoxy) is 1. The number of hydrogen-bond donors (Lipinski definition) is 2. The van der Waals surface area contributed by atoms with Crippen LogP contribution in [0.4, 0.5) is 16.2 Å². The summed E-state index contributed by atoms with van der Waals surface area (Å²) in [6, 6.07) is 14.7. The summed E-state index contributed by atoms with van der Waals surface area (Å²) in [7, 11) is 1.53. The molecule has 0 heterocycles.